The van der Waals surface area contributed by atoms with Gasteiger partial charge >= 0.3 is 0 Å². The number of rotatable bonds is 5. The fourth-order valence-electron chi connectivity index (χ4n) is 8.40. The Balaban J connectivity index is 0.832. The molecule has 6 aromatic carbocycles. The summed E-state index contributed by atoms with van der Waals surface area (Å²) in [6, 6.07) is 63.2. The molecule has 6 aromatic heterocycles. The van der Waals surface area contributed by atoms with Crippen LogP contribution in [0.15, 0.2) is 194 Å². The van der Waals surface area contributed by atoms with Crippen LogP contribution in [0.4, 0.5) is 0 Å². The summed E-state index contributed by atoms with van der Waals surface area (Å²) >= 11 is 0. The molecule has 0 aliphatic rings. The van der Waals surface area contributed by atoms with Crippen LogP contribution in [0.1, 0.15) is 0 Å². The normalized spacial score (nSPS) is 11.7. The first-order valence-electron chi connectivity index (χ1n) is 20.0. The van der Waals surface area contributed by atoms with Crippen LogP contribution >= 0.6 is 0 Å². The number of fused-ring (bicyclic) bond motifs is 8. The summed E-state index contributed by atoms with van der Waals surface area (Å²) in [6.45, 7) is 0. The van der Waals surface area contributed by atoms with Crippen molar-refractivity contribution in [2.75, 3.05) is 0 Å². The molecule has 0 aliphatic carbocycles. The van der Waals surface area contributed by atoms with Crippen molar-refractivity contribution in [1.82, 2.24) is 29.9 Å². The Morgan fingerprint density at radius 2 is 0.800 bits per heavy atom. The Bertz CT molecular complexity index is 3660. The standard InChI is InChI=1S/C54H32N6/c1-2-5-33(6-3-1)46-23-18-38-13-14-39-19-24-47(60-53(39)52(38)59-46)35-10-8-34(9-11-35)45-26-21-42-31-40(20-25-48(42)57-45)41-15-12-36-17-27-49(58-50(36)32-41)43-28-30-56-54-44(43)22-16-37-7-4-29-55-51(37)54/h1-32H. The second-order valence-electron chi connectivity index (χ2n) is 15.1. The van der Waals surface area contributed by atoms with Crippen LogP contribution in [0, 0.1) is 0 Å². The summed E-state index contributed by atoms with van der Waals surface area (Å²) < 4.78 is 0. The Kier molecular flexibility index (Phi) is 7.74. The summed E-state index contributed by atoms with van der Waals surface area (Å²) in [5, 5.41) is 6.42. The van der Waals surface area contributed by atoms with Gasteiger partial charge < -0.3 is 0 Å². The molecule has 6 nitrogen and oxygen atoms in total. The van der Waals surface area contributed by atoms with E-state index in [2.05, 4.69) is 157 Å². The first-order valence-corrected chi connectivity index (χ1v) is 20.0. The van der Waals surface area contributed by atoms with E-state index in [9.17, 15) is 0 Å². The van der Waals surface area contributed by atoms with Gasteiger partial charge in [-0.1, -0.05) is 127 Å². The van der Waals surface area contributed by atoms with Crippen LogP contribution < -0.4 is 0 Å². The molecule has 0 spiro atoms. The molecule has 0 amide bonds. The van der Waals surface area contributed by atoms with E-state index in [-0.39, 0.29) is 0 Å². The quantitative estimate of drug-likeness (QED) is 0.162. The first-order chi connectivity index (χ1) is 29.7. The van der Waals surface area contributed by atoms with E-state index in [1.165, 1.54) is 0 Å². The van der Waals surface area contributed by atoms with Gasteiger partial charge in [0, 0.05) is 67.0 Å². The Morgan fingerprint density at radius 1 is 0.267 bits per heavy atom. The highest BCUT2D eigenvalue weighted by molar-refractivity contribution is 6.08. The van der Waals surface area contributed by atoms with Gasteiger partial charge in [0.25, 0.3) is 0 Å². The predicted octanol–water partition coefficient (Wildman–Crippen LogP) is 13.3. The van der Waals surface area contributed by atoms with Gasteiger partial charge in [-0.15, -0.1) is 0 Å². The van der Waals surface area contributed by atoms with Gasteiger partial charge in [-0.05, 0) is 65.7 Å². The molecule has 0 aliphatic heterocycles. The number of nitrogens with zero attached hydrogens (tertiary/aromatic N) is 6. The monoisotopic (exact) mass is 764 g/mol. The minimum atomic E-state index is 0.884. The molecule has 0 radical (unpaired) electrons. The van der Waals surface area contributed by atoms with Gasteiger partial charge in [-0.3, -0.25) is 9.97 Å². The molecule has 0 unspecified atom stereocenters. The SMILES string of the molecule is c1ccc(-c2ccc3ccc4ccc(-c5ccc(-c6ccc7cc(-c8ccc9ccc(-c%10ccnc%11c%10ccc%10cccnc%10%11)nc9c8)ccc7n6)cc5)nc4c3n2)cc1. The highest BCUT2D eigenvalue weighted by atomic mass is 14.8. The average Bonchev–Trinajstić information content (AvgIpc) is 3.33. The van der Waals surface area contributed by atoms with Crippen molar-refractivity contribution < 1.29 is 0 Å². The topological polar surface area (TPSA) is 77.3 Å². The van der Waals surface area contributed by atoms with Crippen molar-refractivity contribution in [2.24, 2.45) is 0 Å². The van der Waals surface area contributed by atoms with Gasteiger partial charge in [0.2, 0.25) is 0 Å². The van der Waals surface area contributed by atoms with E-state index in [1.54, 1.807) is 0 Å². The number of benzene rings is 6. The molecule has 0 fully saturated rings. The summed E-state index contributed by atoms with van der Waals surface area (Å²) in [5.41, 5.74) is 15.6. The molecule has 0 N–H and O–H groups in total. The third-order valence-electron chi connectivity index (χ3n) is 11.5. The summed E-state index contributed by atoms with van der Waals surface area (Å²) in [6.07, 6.45) is 3.67. The van der Waals surface area contributed by atoms with Crippen LogP contribution in [-0.2, 0) is 0 Å². The maximum Gasteiger partial charge on any atom is 0.0972 e. The molecule has 0 bridgehead atoms. The maximum atomic E-state index is 5.17. The van der Waals surface area contributed by atoms with E-state index in [0.29, 0.717) is 0 Å². The third-order valence-corrected chi connectivity index (χ3v) is 11.5. The van der Waals surface area contributed by atoms with Gasteiger partial charge in [0.05, 0.1) is 55.9 Å². The molecular weight excluding hydrogens is 733 g/mol. The fourth-order valence-corrected chi connectivity index (χ4v) is 8.40. The van der Waals surface area contributed by atoms with E-state index in [0.717, 1.165) is 122 Å². The van der Waals surface area contributed by atoms with Crippen molar-refractivity contribution in [1.29, 1.82) is 0 Å². The average molecular weight is 765 g/mol. The van der Waals surface area contributed by atoms with Crippen molar-refractivity contribution in [3.05, 3.63) is 194 Å². The van der Waals surface area contributed by atoms with Crippen molar-refractivity contribution >= 4 is 65.4 Å². The minimum absolute atomic E-state index is 0.884. The molecular formula is C54H32N6. The second kappa shape index (κ2) is 13.7. The van der Waals surface area contributed by atoms with Crippen LogP contribution in [0.25, 0.3) is 122 Å². The molecule has 12 rings (SSSR count). The van der Waals surface area contributed by atoms with Crippen molar-refractivity contribution in [3.8, 4) is 56.2 Å². The van der Waals surface area contributed by atoms with Gasteiger partial charge in [-0.25, -0.2) is 19.9 Å². The largest absolute Gasteiger partial charge is 0.254 e. The van der Waals surface area contributed by atoms with Crippen molar-refractivity contribution in [2.45, 2.75) is 0 Å². The van der Waals surface area contributed by atoms with Crippen LogP contribution in [0.3, 0.4) is 0 Å². The first kappa shape index (κ1) is 33.9. The highest BCUT2D eigenvalue weighted by Gasteiger charge is 2.13. The van der Waals surface area contributed by atoms with E-state index < -0.39 is 0 Å². The Morgan fingerprint density at radius 3 is 1.57 bits per heavy atom. The van der Waals surface area contributed by atoms with E-state index >= 15 is 0 Å². The van der Waals surface area contributed by atoms with Crippen LogP contribution in [0.2, 0.25) is 0 Å². The maximum absolute atomic E-state index is 5.17. The molecule has 12 aromatic rings. The third kappa shape index (κ3) is 5.81. The van der Waals surface area contributed by atoms with E-state index in [1.807, 2.05) is 42.7 Å². The zero-order valence-corrected chi connectivity index (χ0v) is 32.2. The van der Waals surface area contributed by atoms with Gasteiger partial charge in [0.1, 0.15) is 0 Å². The van der Waals surface area contributed by atoms with Gasteiger partial charge in [-0.2, -0.15) is 0 Å². The van der Waals surface area contributed by atoms with E-state index in [4.69, 9.17) is 24.9 Å². The molecule has 60 heavy (non-hydrogen) atoms. The molecule has 278 valence electrons. The number of aromatic nitrogens is 6. The van der Waals surface area contributed by atoms with Crippen molar-refractivity contribution in [3.63, 3.8) is 0 Å². The number of hydrogen-bond donors (Lipinski definition) is 0. The molecule has 6 heteroatoms. The summed E-state index contributed by atoms with van der Waals surface area (Å²) in [4.78, 5) is 29.8. The van der Waals surface area contributed by atoms with Gasteiger partial charge in [0.15, 0.2) is 0 Å². The predicted molar refractivity (Wildman–Crippen MR) is 245 cm³/mol. The molecule has 0 saturated heterocycles. The molecule has 0 atom stereocenters. The van der Waals surface area contributed by atoms with Crippen LogP contribution in [-0.4, -0.2) is 29.9 Å². The number of hydrogen-bond acceptors (Lipinski definition) is 6. The lowest BCUT2D eigenvalue weighted by atomic mass is 9.99. The molecule has 6 heterocycles. The Labute approximate surface area is 344 Å². The number of pyridine rings is 6. The highest BCUT2D eigenvalue weighted by Crippen LogP contribution is 2.34. The lowest BCUT2D eigenvalue weighted by Crippen LogP contribution is -1.91. The molecule has 0 saturated carbocycles. The van der Waals surface area contributed by atoms with Crippen LogP contribution in [0.5, 0.6) is 0 Å². The summed E-state index contributed by atoms with van der Waals surface area (Å²) in [7, 11) is 0. The fraction of sp³-hybridized carbons (Fsp3) is 0. The summed E-state index contributed by atoms with van der Waals surface area (Å²) in [5.74, 6) is 0. The lowest BCUT2D eigenvalue weighted by molar-refractivity contribution is 1.36. The zero-order valence-electron chi connectivity index (χ0n) is 32.2. The lowest BCUT2D eigenvalue weighted by Gasteiger charge is -2.10. The zero-order chi connectivity index (χ0) is 39.6. The minimum Gasteiger partial charge on any atom is -0.254 e. The Hall–Kier alpha value is -8.22. The smallest absolute Gasteiger partial charge is 0.0972 e. The second-order valence-corrected chi connectivity index (χ2v) is 15.1.